The predicted octanol–water partition coefficient (Wildman–Crippen LogP) is 1.02. The van der Waals surface area contributed by atoms with Crippen LogP contribution in [0.4, 0.5) is 0 Å². The Morgan fingerprint density at radius 1 is 1.29 bits per heavy atom. The van der Waals surface area contributed by atoms with Crippen molar-refractivity contribution in [3.8, 4) is 0 Å². The largest absolute Gasteiger partial charge is 0.478 e. The number of amides is 1. The van der Waals surface area contributed by atoms with Gasteiger partial charge in [-0.25, -0.2) is 4.79 Å². The molecule has 0 bridgehead atoms. The second kappa shape index (κ2) is 6.69. The number of rotatable bonds is 6. The lowest BCUT2D eigenvalue weighted by Gasteiger charge is -2.07. The first-order valence-corrected chi connectivity index (χ1v) is 6.62. The zero-order valence-corrected chi connectivity index (χ0v) is 11.7. The number of aromatic carboxylic acids is 1. The zero-order chi connectivity index (χ0) is 15.2. The van der Waals surface area contributed by atoms with Gasteiger partial charge in [0.25, 0.3) is 0 Å². The minimum absolute atomic E-state index is 0.0634. The van der Waals surface area contributed by atoms with Gasteiger partial charge in [0.1, 0.15) is 0 Å². The molecule has 1 amide bonds. The van der Waals surface area contributed by atoms with Crippen molar-refractivity contribution in [3.63, 3.8) is 0 Å². The van der Waals surface area contributed by atoms with E-state index < -0.39 is 5.97 Å². The summed E-state index contributed by atoms with van der Waals surface area (Å²) in [6.07, 6.45) is 2.46. The molecule has 0 saturated heterocycles. The van der Waals surface area contributed by atoms with Crippen LogP contribution in [0.3, 0.4) is 0 Å². The number of aryl methyl sites for hydroxylation is 1. The van der Waals surface area contributed by atoms with Crippen LogP contribution in [0, 0.1) is 0 Å². The minimum Gasteiger partial charge on any atom is -0.478 e. The number of carboxylic acids is 1. The summed E-state index contributed by atoms with van der Waals surface area (Å²) in [6.45, 7) is 0.494. The Morgan fingerprint density at radius 3 is 2.71 bits per heavy atom. The Hall–Kier alpha value is -2.63. The van der Waals surface area contributed by atoms with Crippen LogP contribution < -0.4 is 5.32 Å². The highest BCUT2D eigenvalue weighted by atomic mass is 16.4. The summed E-state index contributed by atoms with van der Waals surface area (Å²) in [5.74, 6) is -1.21. The number of carbonyl (C=O) groups is 2. The first-order valence-electron chi connectivity index (χ1n) is 6.62. The van der Waals surface area contributed by atoms with Crippen LogP contribution in [0.5, 0.6) is 0 Å². The lowest BCUT2D eigenvalue weighted by Crippen LogP contribution is -2.28. The fourth-order valence-corrected chi connectivity index (χ4v) is 2.10. The average Bonchev–Trinajstić information content (AvgIpc) is 2.85. The molecule has 110 valence electrons. The van der Waals surface area contributed by atoms with E-state index in [1.54, 1.807) is 29.1 Å². The van der Waals surface area contributed by atoms with Gasteiger partial charge in [-0.2, -0.15) is 5.10 Å². The number of carboxylic acid groups (broad SMARTS) is 1. The molecule has 2 N–H and O–H groups in total. The monoisotopic (exact) mass is 287 g/mol. The molecule has 0 aliphatic heterocycles. The first-order chi connectivity index (χ1) is 10.1. The number of benzene rings is 1. The van der Waals surface area contributed by atoms with E-state index in [1.807, 2.05) is 13.1 Å². The summed E-state index contributed by atoms with van der Waals surface area (Å²) in [4.78, 5) is 22.9. The number of nitrogens with zero attached hydrogens (tertiary/aromatic N) is 2. The van der Waals surface area contributed by atoms with Crippen LogP contribution in [0.2, 0.25) is 0 Å². The van der Waals surface area contributed by atoms with Crippen LogP contribution >= 0.6 is 0 Å². The highest BCUT2D eigenvalue weighted by molar-refractivity contribution is 5.91. The molecule has 0 radical (unpaired) electrons. The van der Waals surface area contributed by atoms with Crippen LogP contribution in [-0.2, 0) is 24.7 Å². The average molecular weight is 287 g/mol. The first kappa shape index (κ1) is 14.8. The molecule has 1 aromatic carbocycles. The second-order valence-electron chi connectivity index (χ2n) is 4.69. The van der Waals surface area contributed by atoms with Crippen LogP contribution in [-0.4, -0.2) is 33.3 Å². The molecule has 21 heavy (non-hydrogen) atoms. The molecule has 0 saturated carbocycles. The summed E-state index contributed by atoms with van der Waals surface area (Å²) >= 11 is 0. The van der Waals surface area contributed by atoms with Crippen molar-refractivity contribution >= 4 is 11.9 Å². The van der Waals surface area contributed by atoms with Gasteiger partial charge in [0.15, 0.2) is 0 Å². The van der Waals surface area contributed by atoms with Gasteiger partial charge in [-0.05, 0) is 17.7 Å². The van der Waals surface area contributed by atoms with Gasteiger partial charge in [0.05, 0.1) is 12.0 Å². The molecule has 2 rings (SSSR count). The molecule has 0 aliphatic rings. The van der Waals surface area contributed by atoms with Crippen molar-refractivity contribution in [2.75, 3.05) is 6.54 Å². The van der Waals surface area contributed by atoms with Gasteiger partial charge in [-0.15, -0.1) is 0 Å². The fourth-order valence-electron chi connectivity index (χ4n) is 2.10. The van der Waals surface area contributed by atoms with Crippen LogP contribution in [0.15, 0.2) is 36.5 Å². The maximum atomic E-state index is 11.9. The Kier molecular flexibility index (Phi) is 4.71. The Bertz CT molecular complexity index is 649. The number of nitrogens with one attached hydrogen (secondary N) is 1. The highest BCUT2D eigenvalue weighted by Gasteiger charge is 2.12. The third kappa shape index (κ3) is 3.92. The van der Waals surface area contributed by atoms with Gasteiger partial charge in [-0.1, -0.05) is 18.2 Å². The van der Waals surface area contributed by atoms with Crippen molar-refractivity contribution in [1.82, 2.24) is 15.1 Å². The zero-order valence-electron chi connectivity index (χ0n) is 11.7. The van der Waals surface area contributed by atoms with E-state index in [1.165, 1.54) is 6.07 Å². The highest BCUT2D eigenvalue weighted by Crippen LogP contribution is 2.09. The molecule has 6 heteroatoms. The predicted molar refractivity (Wildman–Crippen MR) is 77.0 cm³/mol. The molecule has 0 fully saturated rings. The van der Waals surface area contributed by atoms with Crippen molar-refractivity contribution in [3.05, 3.63) is 53.3 Å². The van der Waals surface area contributed by atoms with Crippen molar-refractivity contribution < 1.29 is 14.7 Å². The Morgan fingerprint density at radius 2 is 2.05 bits per heavy atom. The third-order valence-electron chi connectivity index (χ3n) is 3.22. The van der Waals surface area contributed by atoms with Crippen molar-refractivity contribution in [2.24, 2.45) is 7.05 Å². The maximum Gasteiger partial charge on any atom is 0.335 e. The molecule has 0 spiro atoms. The van der Waals surface area contributed by atoms with Gasteiger partial charge >= 0.3 is 5.97 Å². The van der Waals surface area contributed by atoms with E-state index in [4.69, 9.17) is 5.11 Å². The molecule has 6 nitrogen and oxygen atoms in total. The standard InChI is InChI=1S/C15H17N3O3/c1-18-12(7-9-17-18)6-8-16-14(19)10-11-4-2-3-5-13(11)15(20)21/h2-5,7,9H,6,8,10H2,1H3,(H,16,19)(H,20,21). The quantitative estimate of drug-likeness (QED) is 0.830. The van der Waals surface area contributed by atoms with Crippen molar-refractivity contribution in [1.29, 1.82) is 0 Å². The molecule has 1 aromatic heterocycles. The van der Waals surface area contributed by atoms with E-state index in [0.29, 0.717) is 18.5 Å². The smallest absolute Gasteiger partial charge is 0.335 e. The minimum atomic E-state index is -1.02. The van der Waals surface area contributed by atoms with Crippen LogP contribution in [0.25, 0.3) is 0 Å². The Labute approximate surface area is 122 Å². The molecule has 0 aliphatic carbocycles. The number of carbonyl (C=O) groups excluding carboxylic acids is 1. The molecule has 2 aromatic rings. The summed E-state index contributed by atoms with van der Waals surface area (Å²) in [7, 11) is 1.85. The van der Waals surface area contributed by atoms with Gasteiger partial charge in [0.2, 0.25) is 5.91 Å². The maximum absolute atomic E-state index is 11.9. The van der Waals surface area contributed by atoms with E-state index in [2.05, 4.69) is 10.4 Å². The normalized spacial score (nSPS) is 10.3. The van der Waals surface area contributed by atoms with Gasteiger partial charge in [0, 0.05) is 31.9 Å². The van der Waals surface area contributed by atoms with E-state index in [0.717, 1.165) is 5.69 Å². The molecular formula is C15H17N3O3. The summed E-state index contributed by atoms with van der Waals surface area (Å²) in [5.41, 5.74) is 1.71. The van der Waals surface area contributed by atoms with E-state index in [-0.39, 0.29) is 17.9 Å². The van der Waals surface area contributed by atoms with Crippen LogP contribution in [0.1, 0.15) is 21.6 Å². The molecule has 1 heterocycles. The molecule has 0 atom stereocenters. The van der Waals surface area contributed by atoms with Gasteiger partial charge < -0.3 is 10.4 Å². The second-order valence-corrected chi connectivity index (χ2v) is 4.69. The molecular weight excluding hydrogens is 270 g/mol. The van der Waals surface area contributed by atoms with E-state index in [9.17, 15) is 9.59 Å². The number of hydrogen-bond donors (Lipinski definition) is 2. The summed E-state index contributed by atoms with van der Waals surface area (Å²) in [5, 5.41) is 15.9. The Balaban J connectivity index is 1.88. The number of hydrogen-bond acceptors (Lipinski definition) is 3. The summed E-state index contributed by atoms with van der Waals surface area (Å²) < 4.78 is 1.76. The van der Waals surface area contributed by atoms with Crippen molar-refractivity contribution in [2.45, 2.75) is 12.8 Å². The lowest BCUT2D eigenvalue weighted by molar-refractivity contribution is -0.120. The summed E-state index contributed by atoms with van der Waals surface area (Å²) in [6, 6.07) is 8.43. The lowest BCUT2D eigenvalue weighted by atomic mass is 10.0. The third-order valence-corrected chi connectivity index (χ3v) is 3.22. The SMILES string of the molecule is Cn1nccc1CCNC(=O)Cc1ccccc1C(=O)O. The topological polar surface area (TPSA) is 84.2 Å². The van der Waals surface area contributed by atoms with E-state index >= 15 is 0 Å². The van der Waals surface area contributed by atoms with Gasteiger partial charge in [-0.3, -0.25) is 9.48 Å². The fraction of sp³-hybridized carbons (Fsp3) is 0.267. The number of aromatic nitrogens is 2. The molecule has 0 unspecified atom stereocenters.